The summed E-state index contributed by atoms with van der Waals surface area (Å²) >= 11 is 0. The maximum Gasteiger partial charge on any atom is 0.279 e. The van der Waals surface area contributed by atoms with E-state index in [9.17, 15) is 16.8 Å². The van der Waals surface area contributed by atoms with Gasteiger partial charge in [-0.05, 0) is 33.6 Å². The molecule has 0 aromatic rings. The van der Waals surface area contributed by atoms with Crippen LogP contribution in [0.4, 0.5) is 0 Å². The first-order valence-corrected chi connectivity index (χ1v) is 8.77. The van der Waals surface area contributed by atoms with Gasteiger partial charge in [0.25, 0.3) is 10.2 Å². The lowest BCUT2D eigenvalue weighted by molar-refractivity contribution is 0.332. The fourth-order valence-electron chi connectivity index (χ4n) is 1.84. The molecular formula is C9H21N3O4S2. The maximum absolute atomic E-state index is 12.1. The van der Waals surface area contributed by atoms with E-state index in [0.717, 1.165) is 4.31 Å². The Morgan fingerprint density at radius 1 is 1.22 bits per heavy atom. The largest absolute Gasteiger partial charge is 0.279 e. The van der Waals surface area contributed by atoms with Crippen molar-refractivity contribution in [2.24, 2.45) is 5.14 Å². The van der Waals surface area contributed by atoms with E-state index >= 15 is 0 Å². The summed E-state index contributed by atoms with van der Waals surface area (Å²) in [4.78, 5) is 0. The van der Waals surface area contributed by atoms with Crippen LogP contribution in [0.1, 0.15) is 33.6 Å². The quantitative estimate of drug-likeness (QED) is 0.723. The third-order valence-electron chi connectivity index (χ3n) is 2.58. The first kappa shape index (κ1) is 15.8. The van der Waals surface area contributed by atoms with Gasteiger partial charge in [0.1, 0.15) is 0 Å². The monoisotopic (exact) mass is 299 g/mol. The zero-order chi connectivity index (χ0) is 14.2. The molecule has 1 unspecified atom stereocenters. The molecule has 1 fully saturated rings. The summed E-state index contributed by atoms with van der Waals surface area (Å²) in [6, 6.07) is 0. The number of piperidine rings is 1. The Hall–Kier alpha value is -0.220. The summed E-state index contributed by atoms with van der Waals surface area (Å²) in [5.41, 5.74) is -0.604. The summed E-state index contributed by atoms with van der Waals surface area (Å²) in [5, 5.41) is 4.26. The van der Waals surface area contributed by atoms with Gasteiger partial charge in [0.15, 0.2) is 0 Å². The van der Waals surface area contributed by atoms with Gasteiger partial charge in [-0.2, -0.15) is 17.4 Å². The minimum absolute atomic E-state index is 0.0791. The van der Waals surface area contributed by atoms with E-state index in [-0.39, 0.29) is 6.54 Å². The van der Waals surface area contributed by atoms with Crippen LogP contribution in [0.3, 0.4) is 0 Å². The van der Waals surface area contributed by atoms with Gasteiger partial charge >= 0.3 is 0 Å². The Bertz CT molecular complexity index is 492. The number of hydrogen-bond acceptors (Lipinski definition) is 4. The number of sulfonamides is 1. The maximum atomic E-state index is 12.1. The van der Waals surface area contributed by atoms with Gasteiger partial charge in [-0.15, -0.1) is 0 Å². The molecule has 1 aliphatic rings. The highest BCUT2D eigenvalue weighted by molar-refractivity contribution is 7.90. The van der Waals surface area contributed by atoms with Gasteiger partial charge in [-0.3, -0.25) is 0 Å². The van der Waals surface area contributed by atoms with Crippen LogP contribution < -0.4 is 9.86 Å². The van der Waals surface area contributed by atoms with E-state index in [1.165, 1.54) is 0 Å². The fourth-order valence-corrected chi connectivity index (χ4v) is 4.47. The van der Waals surface area contributed by atoms with Crippen molar-refractivity contribution in [3.8, 4) is 0 Å². The molecule has 0 saturated carbocycles. The summed E-state index contributed by atoms with van der Waals surface area (Å²) in [7, 11) is -7.37. The Morgan fingerprint density at radius 2 is 1.78 bits per heavy atom. The van der Waals surface area contributed by atoms with Crippen LogP contribution in [-0.4, -0.2) is 45.0 Å². The molecule has 1 atom stereocenters. The predicted octanol–water partition coefficient (Wildman–Crippen LogP) is -0.628. The van der Waals surface area contributed by atoms with E-state index < -0.39 is 31.0 Å². The summed E-state index contributed by atoms with van der Waals surface area (Å²) in [6.07, 6.45) is 0.895. The van der Waals surface area contributed by atoms with Crippen molar-refractivity contribution in [1.29, 1.82) is 0 Å². The zero-order valence-electron chi connectivity index (χ0n) is 10.9. The molecule has 0 radical (unpaired) electrons. The number of nitrogens with one attached hydrogen (secondary N) is 1. The molecule has 1 rings (SSSR count). The molecule has 108 valence electrons. The van der Waals surface area contributed by atoms with Crippen molar-refractivity contribution in [3.63, 3.8) is 0 Å². The number of rotatable bonds is 3. The summed E-state index contributed by atoms with van der Waals surface area (Å²) < 4.78 is 50.3. The van der Waals surface area contributed by atoms with Crippen LogP contribution >= 0.6 is 0 Å². The third kappa shape index (κ3) is 4.47. The number of nitrogens with two attached hydrogens (primary N) is 1. The molecule has 0 aromatic carbocycles. The third-order valence-corrected chi connectivity index (χ3v) is 5.78. The van der Waals surface area contributed by atoms with Crippen LogP contribution in [0.2, 0.25) is 0 Å². The van der Waals surface area contributed by atoms with E-state index in [1.54, 1.807) is 20.8 Å². The van der Waals surface area contributed by atoms with Gasteiger partial charge in [0, 0.05) is 18.6 Å². The topological polar surface area (TPSA) is 110 Å². The predicted molar refractivity (Wildman–Crippen MR) is 69.5 cm³/mol. The van der Waals surface area contributed by atoms with E-state index in [4.69, 9.17) is 5.14 Å². The van der Waals surface area contributed by atoms with Gasteiger partial charge in [0.05, 0.1) is 5.25 Å². The lowest BCUT2D eigenvalue weighted by atomic mass is 10.1. The number of primary sulfonamides is 1. The second-order valence-corrected chi connectivity index (χ2v) is 9.08. The first-order chi connectivity index (χ1) is 7.92. The Balaban J connectivity index is 2.85. The number of nitrogens with zero attached hydrogens (tertiary/aromatic N) is 1. The van der Waals surface area contributed by atoms with Crippen LogP contribution in [0.5, 0.6) is 0 Å². The van der Waals surface area contributed by atoms with Crippen molar-refractivity contribution in [1.82, 2.24) is 9.03 Å². The average Bonchev–Trinajstić information content (AvgIpc) is 2.13. The first-order valence-electron chi connectivity index (χ1n) is 5.72. The molecule has 9 heteroatoms. The van der Waals surface area contributed by atoms with Crippen molar-refractivity contribution in [3.05, 3.63) is 0 Å². The standard InChI is InChI=1S/C9H21N3O4S2/c1-9(2,3)11-18(15,16)12-6-4-5-8(7-12)17(10,13)14/h8,11H,4-7H2,1-3H3,(H2,10,13,14). The highest BCUT2D eigenvalue weighted by Gasteiger charge is 2.35. The van der Waals surface area contributed by atoms with Crippen molar-refractivity contribution < 1.29 is 16.8 Å². The highest BCUT2D eigenvalue weighted by atomic mass is 32.2. The van der Waals surface area contributed by atoms with Crippen LogP contribution in [0.15, 0.2) is 0 Å². The SMILES string of the molecule is CC(C)(C)NS(=O)(=O)N1CCCC(S(N)(=O)=O)C1. The fraction of sp³-hybridized carbons (Fsp3) is 1.00. The van der Waals surface area contributed by atoms with Crippen LogP contribution in [0, 0.1) is 0 Å². The van der Waals surface area contributed by atoms with E-state index in [0.29, 0.717) is 19.4 Å². The molecule has 3 N–H and O–H groups in total. The molecule has 0 bridgehead atoms. The number of hydrogen-bond donors (Lipinski definition) is 2. The Morgan fingerprint density at radius 3 is 2.22 bits per heavy atom. The van der Waals surface area contributed by atoms with Crippen LogP contribution in [0.25, 0.3) is 0 Å². The lowest BCUT2D eigenvalue weighted by Gasteiger charge is -2.33. The van der Waals surface area contributed by atoms with E-state index in [1.807, 2.05) is 0 Å². The van der Waals surface area contributed by atoms with Crippen molar-refractivity contribution >= 4 is 20.2 Å². The highest BCUT2D eigenvalue weighted by Crippen LogP contribution is 2.18. The molecule has 1 saturated heterocycles. The smallest absolute Gasteiger partial charge is 0.228 e. The van der Waals surface area contributed by atoms with Gasteiger partial charge in [0.2, 0.25) is 10.0 Å². The normalized spacial score (nSPS) is 24.1. The van der Waals surface area contributed by atoms with Gasteiger partial charge < -0.3 is 0 Å². The minimum Gasteiger partial charge on any atom is -0.228 e. The van der Waals surface area contributed by atoms with Crippen molar-refractivity contribution in [2.45, 2.75) is 44.4 Å². The Labute approximate surface area is 109 Å². The molecule has 1 heterocycles. The lowest BCUT2D eigenvalue weighted by Crippen LogP contribution is -2.54. The Kier molecular flexibility index (Phi) is 4.44. The molecule has 1 aliphatic heterocycles. The molecule has 18 heavy (non-hydrogen) atoms. The zero-order valence-corrected chi connectivity index (χ0v) is 12.5. The summed E-state index contributed by atoms with van der Waals surface area (Å²) in [6.45, 7) is 5.42. The molecule has 7 nitrogen and oxygen atoms in total. The second kappa shape index (κ2) is 5.04. The molecule has 0 aliphatic carbocycles. The molecular weight excluding hydrogens is 278 g/mol. The van der Waals surface area contributed by atoms with Gasteiger partial charge in [-0.25, -0.2) is 13.6 Å². The minimum atomic E-state index is -3.70. The molecule has 0 amide bonds. The van der Waals surface area contributed by atoms with Crippen LogP contribution in [-0.2, 0) is 20.2 Å². The average molecular weight is 299 g/mol. The second-order valence-electron chi connectivity index (χ2n) is 5.57. The van der Waals surface area contributed by atoms with Gasteiger partial charge in [-0.1, -0.05) is 0 Å². The van der Waals surface area contributed by atoms with Crippen molar-refractivity contribution in [2.75, 3.05) is 13.1 Å². The molecule has 0 spiro atoms. The van der Waals surface area contributed by atoms with E-state index in [2.05, 4.69) is 4.72 Å². The summed E-state index contributed by atoms with van der Waals surface area (Å²) in [5.74, 6) is 0. The molecule has 0 aromatic heterocycles.